The van der Waals surface area contributed by atoms with Gasteiger partial charge in [-0.05, 0) is 69.5 Å². The first-order valence-electron chi connectivity index (χ1n) is 8.50. The van der Waals surface area contributed by atoms with E-state index in [1.54, 1.807) is 0 Å². The molecule has 1 aliphatic carbocycles. The molecule has 1 saturated carbocycles. The quantitative estimate of drug-likeness (QED) is 0.666. The summed E-state index contributed by atoms with van der Waals surface area (Å²) in [6.07, 6.45) is 11.1. The molecule has 1 nitrogen and oxygen atoms in total. The molecule has 112 valence electrons. The molecule has 1 aliphatic rings. The Morgan fingerprint density at radius 3 is 2.35 bits per heavy atom. The van der Waals surface area contributed by atoms with Gasteiger partial charge in [0.25, 0.3) is 0 Å². The molecule has 0 unspecified atom stereocenters. The third kappa shape index (κ3) is 4.63. The van der Waals surface area contributed by atoms with Gasteiger partial charge in [0.1, 0.15) is 0 Å². The molecule has 1 aromatic carbocycles. The molecule has 0 bridgehead atoms. The Morgan fingerprint density at radius 2 is 1.70 bits per heavy atom. The molecule has 0 aromatic heterocycles. The number of aryl methyl sites for hydroxylation is 2. The van der Waals surface area contributed by atoms with Crippen molar-refractivity contribution < 1.29 is 0 Å². The fourth-order valence-electron chi connectivity index (χ4n) is 3.57. The van der Waals surface area contributed by atoms with E-state index in [4.69, 9.17) is 0 Å². The lowest BCUT2D eigenvalue weighted by molar-refractivity contribution is 0.245. The normalized spacial score (nSPS) is 17.5. The van der Waals surface area contributed by atoms with Gasteiger partial charge < -0.3 is 5.32 Å². The Morgan fingerprint density at radius 1 is 1.00 bits per heavy atom. The second kappa shape index (κ2) is 7.83. The maximum absolute atomic E-state index is 3.59. The fourth-order valence-corrected chi connectivity index (χ4v) is 3.57. The van der Waals surface area contributed by atoms with Crippen LogP contribution in [0, 0.1) is 12.3 Å². The van der Waals surface area contributed by atoms with Crippen LogP contribution < -0.4 is 5.32 Å². The summed E-state index contributed by atoms with van der Waals surface area (Å²) in [5.74, 6) is 0. The lowest BCUT2D eigenvalue weighted by Gasteiger charge is -2.29. The minimum atomic E-state index is 0.631. The molecule has 2 rings (SSSR count). The third-order valence-corrected chi connectivity index (χ3v) is 4.99. The van der Waals surface area contributed by atoms with Gasteiger partial charge in [-0.15, -0.1) is 0 Å². The molecule has 0 atom stereocenters. The molecule has 0 amide bonds. The van der Waals surface area contributed by atoms with E-state index < -0.39 is 0 Å². The highest BCUT2D eigenvalue weighted by atomic mass is 14.8. The van der Waals surface area contributed by atoms with Crippen LogP contribution >= 0.6 is 0 Å². The van der Waals surface area contributed by atoms with Crippen molar-refractivity contribution in [2.45, 2.75) is 65.2 Å². The summed E-state index contributed by atoms with van der Waals surface area (Å²) in [5, 5.41) is 3.59. The topological polar surface area (TPSA) is 12.0 Å². The van der Waals surface area contributed by atoms with Gasteiger partial charge in [0.2, 0.25) is 0 Å². The van der Waals surface area contributed by atoms with E-state index >= 15 is 0 Å². The summed E-state index contributed by atoms with van der Waals surface area (Å²) in [6.45, 7) is 6.80. The van der Waals surface area contributed by atoms with E-state index in [-0.39, 0.29) is 0 Å². The summed E-state index contributed by atoms with van der Waals surface area (Å²) in [7, 11) is 0. The van der Waals surface area contributed by atoms with Crippen molar-refractivity contribution in [2.75, 3.05) is 13.1 Å². The van der Waals surface area contributed by atoms with Crippen LogP contribution in [0.5, 0.6) is 0 Å². The summed E-state index contributed by atoms with van der Waals surface area (Å²) < 4.78 is 0. The first-order valence-corrected chi connectivity index (χ1v) is 8.50. The van der Waals surface area contributed by atoms with Gasteiger partial charge in [-0.3, -0.25) is 0 Å². The van der Waals surface area contributed by atoms with Crippen LogP contribution in [0.15, 0.2) is 24.3 Å². The minimum Gasteiger partial charge on any atom is -0.317 e. The lowest BCUT2D eigenvalue weighted by atomic mass is 9.77. The third-order valence-electron chi connectivity index (χ3n) is 4.99. The van der Waals surface area contributed by atoms with Crippen molar-refractivity contribution in [2.24, 2.45) is 5.41 Å². The second-order valence-corrected chi connectivity index (χ2v) is 6.69. The molecule has 0 saturated heterocycles. The highest BCUT2D eigenvalue weighted by Gasteiger charge is 2.32. The van der Waals surface area contributed by atoms with Crippen molar-refractivity contribution in [3.05, 3.63) is 35.4 Å². The Hall–Kier alpha value is -0.820. The lowest BCUT2D eigenvalue weighted by Crippen LogP contribution is -2.25. The van der Waals surface area contributed by atoms with Crippen LogP contribution in [0.1, 0.15) is 63.0 Å². The average molecular weight is 273 g/mol. The van der Waals surface area contributed by atoms with Gasteiger partial charge in [0, 0.05) is 0 Å². The summed E-state index contributed by atoms with van der Waals surface area (Å²) in [4.78, 5) is 0. The summed E-state index contributed by atoms with van der Waals surface area (Å²) in [5.41, 5.74) is 3.52. The van der Waals surface area contributed by atoms with Crippen molar-refractivity contribution in [3.8, 4) is 0 Å². The number of nitrogens with one attached hydrogen (secondary N) is 1. The van der Waals surface area contributed by atoms with E-state index in [2.05, 4.69) is 43.4 Å². The van der Waals surface area contributed by atoms with Gasteiger partial charge in [0.15, 0.2) is 0 Å². The SMILES string of the molecule is CCCNCCC1(CCc2ccc(C)cc2)CCCC1. The number of rotatable bonds is 8. The zero-order valence-electron chi connectivity index (χ0n) is 13.4. The molecule has 20 heavy (non-hydrogen) atoms. The van der Waals surface area contributed by atoms with E-state index in [9.17, 15) is 0 Å². The molecule has 0 spiro atoms. The maximum Gasteiger partial charge on any atom is -0.00436 e. The van der Waals surface area contributed by atoms with Gasteiger partial charge in [-0.1, -0.05) is 49.6 Å². The monoisotopic (exact) mass is 273 g/mol. The largest absolute Gasteiger partial charge is 0.317 e. The van der Waals surface area contributed by atoms with Crippen molar-refractivity contribution in [3.63, 3.8) is 0 Å². The highest BCUT2D eigenvalue weighted by Crippen LogP contribution is 2.44. The second-order valence-electron chi connectivity index (χ2n) is 6.69. The fraction of sp³-hybridized carbons (Fsp3) is 0.684. The van der Waals surface area contributed by atoms with Gasteiger partial charge >= 0.3 is 0 Å². The Kier molecular flexibility index (Phi) is 6.09. The zero-order valence-corrected chi connectivity index (χ0v) is 13.4. The van der Waals surface area contributed by atoms with E-state index in [0.717, 1.165) is 0 Å². The Balaban J connectivity index is 1.83. The predicted octanol–water partition coefficient (Wildman–Crippen LogP) is 4.88. The van der Waals surface area contributed by atoms with Crippen molar-refractivity contribution in [1.82, 2.24) is 5.32 Å². The van der Waals surface area contributed by atoms with E-state index in [1.165, 1.54) is 75.6 Å². The molecule has 0 aliphatic heterocycles. The molecule has 0 radical (unpaired) electrons. The van der Waals surface area contributed by atoms with Crippen LogP contribution in [0.25, 0.3) is 0 Å². The van der Waals surface area contributed by atoms with Crippen molar-refractivity contribution >= 4 is 0 Å². The first kappa shape index (κ1) is 15.6. The van der Waals surface area contributed by atoms with Crippen LogP contribution in [0.3, 0.4) is 0 Å². The zero-order chi connectivity index (χ0) is 14.3. The molecule has 1 N–H and O–H groups in total. The molecule has 1 heteroatoms. The average Bonchev–Trinajstić information content (AvgIpc) is 2.93. The van der Waals surface area contributed by atoms with Gasteiger partial charge in [0.05, 0.1) is 0 Å². The maximum atomic E-state index is 3.59. The standard InChI is InChI=1S/C19H31N/c1-3-15-20-16-14-19(11-4-5-12-19)13-10-18-8-6-17(2)7-9-18/h6-9,20H,3-5,10-16H2,1-2H3. The van der Waals surface area contributed by atoms with Gasteiger partial charge in [-0.25, -0.2) is 0 Å². The molecular weight excluding hydrogens is 242 g/mol. The summed E-state index contributed by atoms with van der Waals surface area (Å²) >= 11 is 0. The van der Waals surface area contributed by atoms with Crippen LogP contribution in [0.2, 0.25) is 0 Å². The van der Waals surface area contributed by atoms with E-state index in [1.807, 2.05) is 0 Å². The van der Waals surface area contributed by atoms with E-state index in [0.29, 0.717) is 5.41 Å². The number of hydrogen-bond acceptors (Lipinski definition) is 1. The summed E-state index contributed by atoms with van der Waals surface area (Å²) in [6, 6.07) is 9.12. The molecule has 1 aromatic rings. The molecular formula is C19H31N. The predicted molar refractivity (Wildman–Crippen MR) is 88.2 cm³/mol. The van der Waals surface area contributed by atoms with Gasteiger partial charge in [-0.2, -0.15) is 0 Å². The minimum absolute atomic E-state index is 0.631. The number of hydrogen-bond donors (Lipinski definition) is 1. The highest BCUT2D eigenvalue weighted by molar-refractivity contribution is 5.21. The van der Waals surface area contributed by atoms with Crippen molar-refractivity contribution in [1.29, 1.82) is 0 Å². The smallest absolute Gasteiger partial charge is 0.00436 e. The first-order chi connectivity index (χ1) is 9.74. The Labute approximate surface area is 125 Å². The van der Waals surface area contributed by atoms with Crippen LogP contribution in [0.4, 0.5) is 0 Å². The molecule has 0 heterocycles. The Bertz CT molecular complexity index is 373. The molecule has 1 fully saturated rings. The van der Waals surface area contributed by atoms with Crippen LogP contribution in [-0.2, 0) is 6.42 Å². The number of benzene rings is 1. The van der Waals surface area contributed by atoms with Crippen LogP contribution in [-0.4, -0.2) is 13.1 Å².